The molecule has 0 bridgehead atoms. The summed E-state index contributed by atoms with van der Waals surface area (Å²) >= 11 is 0. The molecule has 10 heteroatoms. The number of aliphatic hydroxyl groups excluding tert-OH is 1. The van der Waals surface area contributed by atoms with Crippen molar-refractivity contribution in [1.29, 1.82) is 0 Å². The summed E-state index contributed by atoms with van der Waals surface area (Å²) in [6.45, 7) is 4.66. The number of ether oxygens (including phenoxy) is 2. The SMILES string of the molecule is CC/C=C/CC(O)/C=C/C=C/CCCCCCCC(=O)O[C@H](CO/C=C/CCCCCCCCCCCCCC)COP(=O)(O)OCC[N+](C)(C)C. The van der Waals surface area contributed by atoms with Crippen molar-refractivity contribution in [2.45, 2.75) is 167 Å². The Morgan fingerprint density at radius 1 is 0.712 bits per heavy atom. The number of hydrogen-bond acceptors (Lipinski definition) is 7. The third-order valence-electron chi connectivity index (χ3n) is 8.55. The number of likely N-dealkylation sites (N-methyl/N-ethyl adjacent to an activating group) is 1. The molecule has 0 heterocycles. The van der Waals surface area contributed by atoms with Crippen molar-refractivity contribution in [2.24, 2.45) is 0 Å². The van der Waals surface area contributed by atoms with Crippen LogP contribution in [0.2, 0.25) is 0 Å². The first-order valence-corrected chi connectivity index (χ1v) is 22.0. The predicted octanol–water partition coefficient (Wildman–Crippen LogP) is 10.9. The van der Waals surface area contributed by atoms with Crippen molar-refractivity contribution in [3.63, 3.8) is 0 Å². The van der Waals surface area contributed by atoms with Gasteiger partial charge >= 0.3 is 13.8 Å². The van der Waals surface area contributed by atoms with Crippen LogP contribution >= 0.6 is 7.82 Å². The summed E-state index contributed by atoms with van der Waals surface area (Å²) in [4.78, 5) is 22.8. The Balaban J connectivity index is 4.41. The summed E-state index contributed by atoms with van der Waals surface area (Å²) in [7, 11) is 1.58. The normalized spacial score (nSPS) is 14.9. The van der Waals surface area contributed by atoms with Crippen LogP contribution in [0.15, 0.2) is 48.8 Å². The number of rotatable bonds is 37. The standard InChI is InChI=1S/C42H78NO8P/c1-6-8-10-11-12-13-14-15-16-17-21-24-27-31-36-48-38-41(39-50-52(46,47)49-37-35-43(3,4)5)51-42(45)34-30-26-23-20-18-19-22-25-29-33-40(44)32-28-9-7-2/h9,22,25,28-29,31,33,36,40-41,44H,6-8,10-21,23-24,26-27,30,32,34-35,37-39H2,1-5H3/p+1/b25-22+,28-9+,33-29+,36-31+/t40?,41-/m1/s1. The number of aliphatic hydroxyl groups is 1. The highest BCUT2D eigenvalue weighted by atomic mass is 31.2. The van der Waals surface area contributed by atoms with Gasteiger partial charge in [-0.1, -0.05) is 140 Å². The van der Waals surface area contributed by atoms with Crippen LogP contribution in [-0.4, -0.2) is 80.2 Å². The molecule has 9 nitrogen and oxygen atoms in total. The average Bonchev–Trinajstić information content (AvgIpc) is 3.08. The first-order valence-electron chi connectivity index (χ1n) is 20.5. The Kier molecular flexibility index (Phi) is 33.8. The van der Waals surface area contributed by atoms with E-state index in [1.165, 1.54) is 70.6 Å². The Bertz CT molecular complexity index is 991. The monoisotopic (exact) mass is 757 g/mol. The van der Waals surface area contributed by atoms with Gasteiger partial charge in [0.2, 0.25) is 0 Å². The van der Waals surface area contributed by atoms with Gasteiger partial charge in [-0.05, 0) is 51.0 Å². The van der Waals surface area contributed by atoms with Crippen LogP contribution in [-0.2, 0) is 27.9 Å². The Morgan fingerprint density at radius 3 is 1.88 bits per heavy atom. The molecule has 0 aliphatic heterocycles. The number of phosphoric ester groups is 1. The summed E-state index contributed by atoms with van der Waals surface area (Å²) in [5, 5.41) is 9.88. The lowest BCUT2D eigenvalue weighted by molar-refractivity contribution is -0.870. The van der Waals surface area contributed by atoms with Crippen molar-refractivity contribution < 1.29 is 42.4 Å². The molecular weight excluding hydrogens is 677 g/mol. The molecule has 0 aliphatic rings. The van der Waals surface area contributed by atoms with Crippen LogP contribution in [0.5, 0.6) is 0 Å². The van der Waals surface area contributed by atoms with Gasteiger partial charge in [0.1, 0.15) is 19.8 Å². The molecule has 0 aromatic rings. The summed E-state index contributed by atoms with van der Waals surface area (Å²) in [6, 6.07) is 0. The molecule has 2 unspecified atom stereocenters. The molecule has 0 spiro atoms. The van der Waals surface area contributed by atoms with E-state index in [1.807, 2.05) is 45.4 Å². The molecule has 0 aromatic carbocycles. The maximum Gasteiger partial charge on any atom is 0.472 e. The maximum atomic E-state index is 12.6. The van der Waals surface area contributed by atoms with Crippen molar-refractivity contribution in [2.75, 3.05) is 47.5 Å². The van der Waals surface area contributed by atoms with Crippen LogP contribution in [0, 0.1) is 0 Å². The van der Waals surface area contributed by atoms with Crippen molar-refractivity contribution in [3.8, 4) is 0 Å². The molecule has 52 heavy (non-hydrogen) atoms. The van der Waals surface area contributed by atoms with E-state index in [4.69, 9.17) is 18.5 Å². The number of quaternary nitrogens is 1. The molecule has 3 atom stereocenters. The molecule has 0 aliphatic carbocycles. The van der Waals surface area contributed by atoms with Crippen LogP contribution in [0.4, 0.5) is 0 Å². The Labute approximate surface area is 319 Å². The molecule has 0 amide bonds. The van der Waals surface area contributed by atoms with Gasteiger partial charge in [-0.15, -0.1) is 0 Å². The topological polar surface area (TPSA) is 112 Å². The van der Waals surface area contributed by atoms with Gasteiger partial charge in [-0.25, -0.2) is 4.57 Å². The quantitative estimate of drug-likeness (QED) is 0.0123. The van der Waals surface area contributed by atoms with Gasteiger partial charge < -0.3 is 24.0 Å². The first-order chi connectivity index (χ1) is 25.0. The largest absolute Gasteiger partial charge is 0.498 e. The Hall–Kier alpha value is -1.74. The smallest absolute Gasteiger partial charge is 0.472 e. The van der Waals surface area contributed by atoms with Gasteiger partial charge in [0.15, 0.2) is 6.10 Å². The van der Waals surface area contributed by atoms with Gasteiger partial charge in [-0.2, -0.15) is 0 Å². The molecule has 0 rings (SSSR count). The number of nitrogens with zero attached hydrogens (tertiary/aromatic N) is 1. The third-order valence-corrected chi connectivity index (χ3v) is 9.53. The second kappa shape index (κ2) is 35.0. The summed E-state index contributed by atoms with van der Waals surface area (Å²) in [6.07, 6.45) is 38.5. The fourth-order valence-corrected chi connectivity index (χ4v) is 6.06. The molecule has 0 saturated heterocycles. The van der Waals surface area contributed by atoms with E-state index in [2.05, 4.69) is 26.0 Å². The number of unbranched alkanes of at least 4 members (excludes halogenated alkanes) is 17. The summed E-state index contributed by atoms with van der Waals surface area (Å²) in [5.74, 6) is -0.376. The highest BCUT2D eigenvalue weighted by Crippen LogP contribution is 2.43. The minimum Gasteiger partial charge on any atom is -0.498 e. The lowest BCUT2D eigenvalue weighted by Crippen LogP contribution is -2.37. The molecule has 304 valence electrons. The van der Waals surface area contributed by atoms with E-state index in [0.29, 0.717) is 23.9 Å². The molecule has 0 fully saturated rings. The number of phosphoric acid groups is 1. The minimum atomic E-state index is -4.31. The van der Waals surface area contributed by atoms with Crippen molar-refractivity contribution >= 4 is 13.8 Å². The second-order valence-electron chi connectivity index (χ2n) is 14.9. The lowest BCUT2D eigenvalue weighted by atomic mass is 10.0. The summed E-state index contributed by atoms with van der Waals surface area (Å²) in [5.41, 5.74) is 0. The van der Waals surface area contributed by atoms with Crippen molar-refractivity contribution in [1.82, 2.24) is 0 Å². The molecule has 0 saturated carbocycles. The fourth-order valence-electron chi connectivity index (χ4n) is 5.32. The number of carbonyl (C=O) groups excluding carboxylic acids is 1. The lowest BCUT2D eigenvalue weighted by Gasteiger charge is -2.24. The number of hydrogen-bond donors (Lipinski definition) is 2. The third kappa shape index (κ3) is 38.0. The van der Waals surface area contributed by atoms with Gasteiger partial charge in [0, 0.05) is 6.42 Å². The fraction of sp³-hybridized carbons (Fsp3) is 0.786. The molecular formula is C42H79NO8P+. The van der Waals surface area contributed by atoms with E-state index in [1.54, 1.807) is 12.3 Å². The van der Waals surface area contributed by atoms with Gasteiger partial charge in [0.05, 0.1) is 40.1 Å². The second-order valence-corrected chi connectivity index (χ2v) is 16.4. The van der Waals surface area contributed by atoms with Crippen molar-refractivity contribution in [3.05, 3.63) is 48.8 Å². The average molecular weight is 757 g/mol. The molecule has 2 N–H and O–H groups in total. The maximum absolute atomic E-state index is 12.6. The highest BCUT2D eigenvalue weighted by Gasteiger charge is 2.26. The molecule has 0 radical (unpaired) electrons. The number of allylic oxidation sites excluding steroid dienone is 5. The van der Waals surface area contributed by atoms with Crippen LogP contribution in [0.3, 0.4) is 0 Å². The van der Waals surface area contributed by atoms with Gasteiger partial charge in [-0.3, -0.25) is 13.8 Å². The van der Waals surface area contributed by atoms with Gasteiger partial charge in [0.25, 0.3) is 0 Å². The Morgan fingerprint density at radius 2 is 1.29 bits per heavy atom. The van der Waals surface area contributed by atoms with E-state index >= 15 is 0 Å². The van der Waals surface area contributed by atoms with Crippen LogP contribution in [0.25, 0.3) is 0 Å². The first kappa shape index (κ1) is 50.3. The van der Waals surface area contributed by atoms with E-state index < -0.39 is 20.0 Å². The number of carbonyl (C=O) groups is 1. The van der Waals surface area contributed by atoms with Crippen LogP contribution in [0.1, 0.15) is 155 Å². The van der Waals surface area contributed by atoms with E-state index in [-0.39, 0.29) is 32.2 Å². The predicted molar refractivity (Wildman–Crippen MR) is 216 cm³/mol. The number of esters is 1. The molecule has 0 aromatic heterocycles. The zero-order chi connectivity index (χ0) is 38.6. The van der Waals surface area contributed by atoms with Crippen LogP contribution < -0.4 is 0 Å². The summed E-state index contributed by atoms with van der Waals surface area (Å²) < 4.78 is 34.6. The van der Waals surface area contributed by atoms with E-state index in [9.17, 15) is 19.4 Å². The zero-order valence-electron chi connectivity index (χ0n) is 33.9. The highest BCUT2D eigenvalue weighted by molar-refractivity contribution is 7.47. The zero-order valence-corrected chi connectivity index (χ0v) is 34.8. The van der Waals surface area contributed by atoms with E-state index in [0.717, 1.165) is 51.4 Å². The minimum absolute atomic E-state index is 0.0249.